The average Bonchev–Trinajstić information content (AvgIpc) is 2.35. The maximum atomic E-state index is 5.85. The van der Waals surface area contributed by atoms with E-state index in [1.54, 1.807) is 6.20 Å². The van der Waals surface area contributed by atoms with Crippen molar-refractivity contribution in [2.75, 3.05) is 11.4 Å². The highest BCUT2D eigenvalue weighted by Gasteiger charge is 2.07. The molecule has 0 amide bonds. The minimum atomic E-state index is 0.661. The normalized spacial score (nSPS) is 10.3. The number of aryl methyl sites for hydroxylation is 1. The maximum absolute atomic E-state index is 5.85. The van der Waals surface area contributed by atoms with E-state index >= 15 is 0 Å². The van der Waals surface area contributed by atoms with Gasteiger partial charge < -0.3 is 4.90 Å². The predicted octanol–water partition coefficient (Wildman–Crippen LogP) is 4.20. The van der Waals surface area contributed by atoms with Gasteiger partial charge in [-0.2, -0.15) is 0 Å². The topological polar surface area (TPSA) is 16.1 Å². The third kappa shape index (κ3) is 2.77. The first kappa shape index (κ1) is 11.9. The second kappa shape index (κ2) is 5.19. The van der Waals surface area contributed by atoms with Crippen LogP contribution in [0.3, 0.4) is 0 Å². The number of benzene rings is 1. The molecule has 88 valence electrons. The molecule has 3 heteroatoms. The number of nitrogens with zero attached hydrogens (tertiary/aromatic N) is 2. The van der Waals surface area contributed by atoms with Crippen molar-refractivity contribution in [1.82, 2.24) is 4.98 Å². The van der Waals surface area contributed by atoms with Gasteiger partial charge in [0.1, 0.15) is 5.82 Å². The summed E-state index contributed by atoms with van der Waals surface area (Å²) < 4.78 is 0. The van der Waals surface area contributed by atoms with Crippen molar-refractivity contribution < 1.29 is 0 Å². The Labute approximate surface area is 107 Å². The fourth-order valence-corrected chi connectivity index (χ4v) is 1.84. The molecule has 0 radical (unpaired) electrons. The first-order valence-electron chi connectivity index (χ1n) is 5.66. The van der Waals surface area contributed by atoms with Gasteiger partial charge in [-0.15, -0.1) is 0 Å². The van der Waals surface area contributed by atoms with Crippen LogP contribution >= 0.6 is 11.6 Å². The molecule has 0 spiro atoms. The number of aromatic nitrogens is 1. The molecular weight excluding hydrogens is 232 g/mol. The number of halogens is 1. The minimum Gasteiger partial charge on any atom is -0.327 e. The van der Waals surface area contributed by atoms with Crippen molar-refractivity contribution in [2.24, 2.45) is 0 Å². The van der Waals surface area contributed by atoms with E-state index in [1.807, 2.05) is 12.1 Å². The summed E-state index contributed by atoms with van der Waals surface area (Å²) >= 11 is 5.85. The van der Waals surface area contributed by atoms with Crippen LogP contribution in [0.4, 0.5) is 11.5 Å². The third-order valence-electron chi connectivity index (χ3n) is 2.65. The molecule has 0 aliphatic carbocycles. The summed E-state index contributed by atoms with van der Waals surface area (Å²) in [6.07, 6.45) is 1.67. The lowest BCUT2D eigenvalue weighted by molar-refractivity contribution is 0.989. The van der Waals surface area contributed by atoms with E-state index in [4.69, 9.17) is 11.6 Å². The molecule has 1 aromatic heterocycles. The Morgan fingerprint density at radius 3 is 2.35 bits per heavy atom. The van der Waals surface area contributed by atoms with Crippen molar-refractivity contribution in [3.63, 3.8) is 0 Å². The smallest absolute Gasteiger partial charge is 0.133 e. The lowest BCUT2D eigenvalue weighted by atomic mass is 10.2. The van der Waals surface area contributed by atoms with Crippen LogP contribution in [0.5, 0.6) is 0 Å². The Hall–Kier alpha value is -1.54. The van der Waals surface area contributed by atoms with Crippen LogP contribution in [-0.2, 0) is 0 Å². The minimum absolute atomic E-state index is 0.661. The van der Waals surface area contributed by atoms with Gasteiger partial charge in [0, 0.05) is 18.4 Å². The Bertz CT molecular complexity index is 431. The Kier molecular flexibility index (Phi) is 3.64. The Balaban J connectivity index is 2.33. The molecule has 0 saturated carbocycles. The van der Waals surface area contributed by atoms with Crippen LogP contribution in [0.1, 0.15) is 12.5 Å². The molecule has 2 rings (SSSR count). The van der Waals surface area contributed by atoms with Gasteiger partial charge in [0.05, 0.1) is 5.02 Å². The van der Waals surface area contributed by atoms with Crippen LogP contribution < -0.4 is 4.90 Å². The lowest BCUT2D eigenvalue weighted by Crippen LogP contribution is -2.17. The first-order valence-corrected chi connectivity index (χ1v) is 6.04. The van der Waals surface area contributed by atoms with Gasteiger partial charge in [0.15, 0.2) is 0 Å². The van der Waals surface area contributed by atoms with Gasteiger partial charge in [0.2, 0.25) is 0 Å². The van der Waals surface area contributed by atoms with Gasteiger partial charge in [0.25, 0.3) is 0 Å². The van der Waals surface area contributed by atoms with E-state index in [0.717, 1.165) is 18.1 Å². The van der Waals surface area contributed by atoms with Crippen LogP contribution in [-0.4, -0.2) is 11.5 Å². The molecule has 0 saturated heterocycles. The highest BCUT2D eigenvalue weighted by Crippen LogP contribution is 2.24. The van der Waals surface area contributed by atoms with E-state index < -0.39 is 0 Å². The van der Waals surface area contributed by atoms with Crippen molar-refractivity contribution in [1.29, 1.82) is 0 Å². The summed E-state index contributed by atoms with van der Waals surface area (Å²) in [4.78, 5) is 6.49. The highest BCUT2D eigenvalue weighted by atomic mass is 35.5. The van der Waals surface area contributed by atoms with Gasteiger partial charge in [-0.3, -0.25) is 0 Å². The number of hydrogen-bond donors (Lipinski definition) is 0. The zero-order valence-electron chi connectivity index (χ0n) is 10.0. The van der Waals surface area contributed by atoms with Crippen molar-refractivity contribution >= 4 is 23.1 Å². The van der Waals surface area contributed by atoms with Gasteiger partial charge in [-0.1, -0.05) is 29.3 Å². The molecule has 2 aromatic rings. The molecule has 1 aromatic carbocycles. The van der Waals surface area contributed by atoms with Crippen molar-refractivity contribution in [3.8, 4) is 0 Å². The molecular formula is C14H15ClN2. The molecule has 0 bridgehead atoms. The van der Waals surface area contributed by atoms with E-state index in [-0.39, 0.29) is 0 Å². The summed E-state index contributed by atoms with van der Waals surface area (Å²) in [5, 5.41) is 0.661. The van der Waals surface area contributed by atoms with Crippen LogP contribution in [0.15, 0.2) is 42.6 Å². The number of rotatable bonds is 3. The van der Waals surface area contributed by atoms with E-state index in [9.17, 15) is 0 Å². The summed E-state index contributed by atoms with van der Waals surface area (Å²) in [7, 11) is 0. The summed E-state index contributed by atoms with van der Waals surface area (Å²) in [6, 6.07) is 12.2. The van der Waals surface area contributed by atoms with Gasteiger partial charge >= 0.3 is 0 Å². The fourth-order valence-electron chi connectivity index (χ4n) is 1.73. The molecule has 0 fully saturated rings. The maximum Gasteiger partial charge on any atom is 0.133 e. The van der Waals surface area contributed by atoms with Gasteiger partial charge in [-0.25, -0.2) is 4.98 Å². The second-order valence-corrected chi connectivity index (χ2v) is 4.35. The van der Waals surface area contributed by atoms with Crippen LogP contribution in [0.2, 0.25) is 5.02 Å². The molecule has 0 aliphatic rings. The summed E-state index contributed by atoms with van der Waals surface area (Å²) in [5.41, 5.74) is 2.40. The quantitative estimate of drug-likeness (QED) is 0.807. The third-order valence-corrected chi connectivity index (χ3v) is 2.87. The Morgan fingerprint density at radius 1 is 1.12 bits per heavy atom. The average molecular weight is 247 g/mol. The van der Waals surface area contributed by atoms with Crippen molar-refractivity contribution in [2.45, 2.75) is 13.8 Å². The van der Waals surface area contributed by atoms with Crippen LogP contribution in [0.25, 0.3) is 0 Å². The Morgan fingerprint density at radius 2 is 1.82 bits per heavy atom. The summed E-state index contributed by atoms with van der Waals surface area (Å²) in [5.74, 6) is 0.917. The lowest BCUT2D eigenvalue weighted by Gasteiger charge is -2.22. The SMILES string of the molecule is CCN(c1ccc(C)cc1)c1ccc(Cl)cn1. The van der Waals surface area contributed by atoms with E-state index in [2.05, 4.69) is 48.0 Å². The zero-order valence-corrected chi connectivity index (χ0v) is 10.8. The number of hydrogen-bond acceptors (Lipinski definition) is 2. The fraction of sp³-hybridized carbons (Fsp3) is 0.214. The summed E-state index contributed by atoms with van der Waals surface area (Å²) in [6.45, 7) is 5.06. The largest absolute Gasteiger partial charge is 0.327 e. The molecule has 2 nitrogen and oxygen atoms in total. The monoisotopic (exact) mass is 246 g/mol. The second-order valence-electron chi connectivity index (χ2n) is 3.91. The van der Waals surface area contributed by atoms with Crippen molar-refractivity contribution in [3.05, 3.63) is 53.2 Å². The molecule has 0 unspecified atom stereocenters. The van der Waals surface area contributed by atoms with E-state index in [0.29, 0.717) is 5.02 Å². The van der Waals surface area contributed by atoms with Gasteiger partial charge in [-0.05, 0) is 38.1 Å². The molecule has 17 heavy (non-hydrogen) atoms. The van der Waals surface area contributed by atoms with E-state index in [1.165, 1.54) is 5.56 Å². The standard InChI is InChI=1S/C14H15ClN2/c1-3-17(13-7-4-11(2)5-8-13)14-9-6-12(15)10-16-14/h4-10H,3H2,1-2H3. The molecule has 0 N–H and O–H groups in total. The highest BCUT2D eigenvalue weighted by molar-refractivity contribution is 6.30. The number of anilines is 2. The molecule has 0 atom stereocenters. The predicted molar refractivity (Wildman–Crippen MR) is 73.1 cm³/mol. The van der Waals surface area contributed by atoms with Crippen LogP contribution in [0, 0.1) is 6.92 Å². The zero-order chi connectivity index (χ0) is 12.3. The molecule has 0 aliphatic heterocycles. The molecule has 1 heterocycles. The first-order chi connectivity index (χ1) is 8.20. The number of pyridine rings is 1.